The number of ketones is 1. The topological polar surface area (TPSA) is 17.1 Å². The summed E-state index contributed by atoms with van der Waals surface area (Å²) in [5.41, 5.74) is 1.12. The van der Waals surface area contributed by atoms with Gasteiger partial charge in [-0.15, -0.1) is 11.8 Å². The zero-order valence-electron chi connectivity index (χ0n) is 10.3. The molecule has 2 rings (SSSR count). The van der Waals surface area contributed by atoms with E-state index in [1.807, 2.05) is 18.4 Å². The van der Waals surface area contributed by atoms with E-state index in [1.54, 1.807) is 36.0 Å². The van der Waals surface area contributed by atoms with Gasteiger partial charge in [0.1, 0.15) is 5.82 Å². The fourth-order valence-corrected chi connectivity index (χ4v) is 2.34. The SMILES string of the molecule is CSc1ccc(C(=O)Cc2cccc(F)c2Cl)cc1. The zero-order valence-corrected chi connectivity index (χ0v) is 11.9. The quantitative estimate of drug-likeness (QED) is 0.604. The number of hydrogen-bond acceptors (Lipinski definition) is 2. The molecule has 0 aromatic heterocycles. The van der Waals surface area contributed by atoms with Crippen LogP contribution in [-0.2, 0) is 6.42 Å². The molecule has 0 N–H and O–H groups in total. The summed E-state index contributed by atoms with van der Waals surface area (Å²) < 4.78 is 13.3. The van der Waals surface area contributed by atoms with Gasteiger partial charge in [0.2, 0.25) is 0 Å². The van der Waals surface area contributed by atoms with Gasteiger partial charge in [-0.3, -0.25) is 4.79 Å². The van der Waals surface area contributed by atoms with E-state index >= 15 is 0 Å². The maximum absolute atomic E-state index is 13.3. The summed E-state index contributed by atoms with van der Waals surface area (Å²) in [6, 6.07) is 11.8. The van der Waals surface area contributed by atoms with Crippen LogP contribution in [0.15, 0.2) is 47.4 Å². The first-order valence-corrected chi connectivity index (χ1v) is 7.32. The molecule has 0 saturated carbocycles. The Bertz CT molecular complexity index is 596. The Morgan fingerprint density at radius 3 is 2.53 bits per heavy atom. The summed E-state index contributed by atoms with van der Waals surface area (Å²) in [7, 11) is 0. The van der Waals surface area contributed by atoms with Crippen molar-refractivity contribution < 1.29 is 9.18 Å². The van der Waals surface area contributed by atoms with Gasteiger partial charge in [-0.25, -0.2) is 4.39 Å². The Balaban J connectivity index is 2.18. The molecule has 0 radical (unpaired) electrons. The van der Waals surface area contributed by atoms with Crippen LogP contribution in [0.2, 0.25) is 5.02 Å². The van der Waals surface area contributed by atoms with E-state index in [0.717, 1.165) is 4.90 Å². The van der Waals surface area contributed by atoms with Gasteiger partial charge in [0.25, 0.3) is 0 Å². The number of halogens is 2. The lowest BCUT2D eigenvalue weighted by Gasteiger charge is -2.05. The van der Waals surface area contributed by atoms with E-state index in [9.17, 15) is 9.18 Å². The standard InChI is InChI=1S/C15H12ClFOS/c1-19-12-7-5-10(6-8-12)14(18)9-11-3-2-4-13(17)15(11)16/h2-8H,9H2,1H3. The molecule has 0 bridgehead atoms. The smallest absolute Gasteiger partial charge is 0.167 e. The number of Topliss-reactive ketones (excluding diaryl/α,β-unsaturated/α-hetero) is 1. The molecule has 19 heavy (non-hydrogen) atoms. The van der Waals surface area contributed by atoms with Crippen LogP contribution in [0.25, 0.3) is 0 Å². The van der Waals surface area contributed by atoms with Crippen molar-refractivity contribution in [1.29, 1.82) is 0 Å². The molecule has 0 atom stereocenters. The Kier molecular flexibility index (Phi) is 4.61. The number of carbonyl (C=O) groups is 1. The fraction of sp³-hybridized carbons (Fsp3) is 0.133. The first-order valence-electron chi connectivity index (χ1n) is 5.72. The lowest BCUT2D eigenvalue weighted by molar-refractivity contribution is 0.0993. The van der Waals surface area contributed by atoms with Crippen molar-refractivity contribution in [3.05, 3.63) is 64.4 Å². The third kappa shape index (κ3) is 3.37. The highest BCUT2D eigenvalue weighted by molar-refractivity contribution is 7.98. The lowest BCUT2D eigenvalue weighted by Crippen LogP contribution is -2.04. The third-order valence-corrected chi connectivity index (χ3v) is 3.96. The van der Waals surface area contributed by atoms with E-state index < -0.39 is 5.82 Å². The van der Waals surface area contributed by atoms with Gasteiger partial charge in [-0.2, -0.15) is 0 Å². The van der Waals surface area contributed by atoms with Gasteiger partial charge in [0.15, 0.2) is 5.78 Å². The van der Waals surface area contributed by atoms with Crippen LogP contribution in [0, 0.1) is 5.82 Å². The predicted octanol–water partition coefficient (Wildman–Crippen LogP) is 4.63. The summed E-state index contributed by atoms with van der Waals surface area (Å²) in [5.74, 6) is -0.565. The Labute approximate surface area is 120 Å². The van der Waals surface area contributed by atoms with Gasteiger partial charge < -0.3 is 0 Å². The molecule has 0 spiro atoms. The molecule has 0 aliphatic heterocycles. The molecule has 0 aliphatic carbocycles. The highest BCUT2D eigenvalue weighted by Crippen LogP contribution is 2.22. The lowest BCUT2D eigenvalue weighted by atomic mass is 10.0. The minimum Gasteiger partial charge on any atom is -0.294 e. The van der Waals surface area contributed by atoms with Crippen LogP contribution in [-0.4, -0.2) is 12.0 Å². The molecule has 4 heteroatoms. The molecule has 0 saturated heterocycles. The first-order chi connectivity index (χ1) is 9.11. The van der Waals surface area contributed by atoms with Gasteiger partial charge >= 0.3 is 0 Å². The monoisotopic (exact) mass is 294 g/mol. The van der Waals surface area contributed by atoms with E-state index in [1.165, 1.54) is 6.07 Å². The molecule has 0 aliphatic rings. The fourth-order valence-electron chi connectivity index (χ4n) is 1.74. The number of benzene rings is 2. The Morgan fingerprint density at radius 1 is 1.21 bits per heavy atom. The molecule has 2 aromatic carbocycles. The normalized spacial score (nSPS) is 10.5. The molecule has 0 heterocycles. The number of thioether (sulfide) groups is 1. The molecule has 2 aromatic rings. The molecular formula is C15H12ClFOS. The average molecular weight is 295 g/mol. The summed E-state index contributed by atoms with van der Waals surface area (Å²) >= 11 is 7.46. The molecule has 98 valence electrons. The average Bonchev–Trinajstić information content (AvgIpc) is 2.44. The Hall–Kier alpha value is -1.32. The summed E-state index contributed by atoms with van der Waals surface area (Å²) in [4.78, 5) is 13.2. The number of hydrogen-bond donors (Lipinski definition) is 0. The second-order valence-corrected chi connectivity index (χ2v) is 5.30. The molecule has 0 amide bonds. The van der Waals surface area contributed by atoms with Crippen LogP contribution in [0.5, 0.6) is 0 Å². The Morgan fingerprint density at radius 2 is 1.89 bits per heavy atom. The van der Waals surface area contributed by atoms with Crippen LogP contribution in [0.4, 0.5) is 4.39 Å². The molecule has 0 fully saturated rings. The molecular weight excluding hydrogens is 283 g/mol. The largest absolute Gasteiger partial charge is 0.294 e. The van der Waals surface area contributed by atoms with Crippen LogP contribution in [0.3, 0.4) is 0 Å². The minimum atomic E-state index is -0.496. The number of carbonyl (C=O) groups excluding carboxylic acids is 1. The maximum Gasteiger partial charge on any atom is 0.167 e. The number of rotatable bonds is 4. The van der Waals surface area contributed by atoms with Gasteiger partial charge in [-0.05, 0) is 30.0 Å². The van der Waals surface area contributed by atoms with E-state index in [2.05, 4.69) is 0 Å². The van der Waals surface area contributed by atoms with Crippen molar-refractivity contribution in [2.75, 3.05) is 6.26 Å². The first kappa shape index (κ1) is 14.1. The second kappa shape index (κ2) is 6.22. The summed E-state index contributed by atoms with van der Waals surface area (Å²) in [6.45, 7) is 0. The highest BCUT2D eigenvalue weighted by Gasteiger charge is 2.11. The van der Waals surface area contributed by atoms with Crippen LogP contribution < -0.4 is 0 Å². The minimum absolute atomic E-state index is 0.0246. The van der Waals surface area contributed by atoms with Crippen LogP contribution in [0.1, 0.15) is 15.9 Å². The van der Waals surface area contributed by atoms with Crippen molar-refractivity contribution in [2.24, 2.45) is 0 Å². The summed E-state index contributed by atoms with van der Waals surface area (Å²) in [6.07, 6.45) is 2.08. The maximum atomic E-state index is 13.3. The highest BCUT2D eigenvalue weighted by atomic mass is 35.5. The van der Waals surface area contributed by atoms with Crippen molar-refractivity contribution in [1.82, 2.24) is 0 Å². The summed E-state index contributed by atoms with van der Waals surface area (Å²) in [5, 5.41) is 0.0246. The van der Waals surface area contributed by atoms with E-state index in [0.29, 0.717) is 11.1 Å². The van der Waals surface area contributed by atoms with E-state index in [-0.39, 0.29) is 17.2 Å². The van der Waals surface area contributed by atoms with Crippen molar-refractivity contribution >= 4 is 29.1 Å². The molecule has 1 nitrogen and oxygen atoms in total. The zero-order chi connectivity index (χ0) is 13.8. The van der Waals surface area contributed by atoms with Crippen molar-refractivity contribution in [2.45, 2.75) is 11.3 Å². The van der Waals surface area contributed by atoms with Gasteiger partial charge in [0.05, 0.1) is 5.02 Å². The van der Waals surface area contributed by atoms with Gasteiger partial charge in [0, 0.05) is 16.9 Å². The second-order valence-electron chi connectivity index (χ2n) is 4.04. The van der Waals surface area contributed by atoms with Gasteiger partial charge in [-0.1, -0.05) is 35.9 Å². The van der Waals surface area contributed by atoms with Crippen molar-refractivity contribution in [3.63, 3.8) is 0 Å². The van der Waals surface area contributed by atoms with E-state index in [4.69, 9.17) is 11.6 Å². The van der Waals surface area contributed by atoms with Crippen LogP contribution >= 0.6 is 23.4 Å². The van der Waals surface area contributed by atoms with Crippen molar-refractivity contribution in [3.8, 4) is 0 Å². The third-order valence-electron chi connectivity index (χ3n) is 2.79. The predicted molar refractivity (Wildman–Crippen MR) is 77.7 cm³/mol. The molecule has 0 unspecified atom stereocenters.